The highest BCUT2D eigenvalue weighted by Crippen LogP contribution is 2.40. The number of terminal acetylenes is 1. The Hall–Kier alpha value is -4.99. The number of carbonyl (C=O) groups excluding carboxylic acids is 2. The number of anilines is 1. The van der Waals surface area contributed by atoms with Crippen molar-refractivity contribution in [2.75, 3.05) is 18.9 Å². The number of halogens is 6. The van der Waals surface area contributed by atoms with Gasteiger partial charge in [-0.1, -0.05) is 18.1 Å². The summed E-state index contributed by atoms with van der Waals surface area (Å²) in [6.07, 6.45) is -0.404. The van der Waals surface area contributed by atoms with Crippen LogP contribution >= 0.6 is 0 Å². The lowest BCUT2D eigenvalue weighted by Crippen LogP contribution is -2.42. The first kappa shape index (κ1) is 31.0. The smallest absolute Gasteiger partial charge is 0.437 e. The monoisotopic (exact) mass is 602 g/mol. The van der Waals surface area contributed by atoms with Gasteiger partial charge in [-0.05, 0) is 61.9 Å². The van der Waals surface area contributed by atoms with Crippen molar-refractivity contribution in [1.82, 2.24) is 15.6 Å². The Bertz CT molecular complexity index is 1740. The molecule has 224 valence electrons. The third-order valence-corrected chi connectivity index (χ3v) is 6.36. The summed E-state index contributed by atoms with van der Waals surface area (Å²) in [6, 6.07) is 12.0. The molecule has 0 bridgehead atoms. The lowest BCUT2D eigenvalue weighted by atomic mass is 9.99. The van der Waals surface area contributed by atoms with Crippen molar-refractivity contribution in [3.8, 4) is 34.8 Å². The number of alkyl halides is 5. The third kappa shape index (κ3) is 6.43. The van der Waals surface area contributed by atoms with Gasteiger partial charge in [0, 0.05) is 23.7 Å². The molecular formula is C30H24F6N4O3. The molecule has 7 nitrogen and oxygen atoms in total. The highest BCUT2D eigenvalue weighted by molar-refractivity contribution is 6.11. The van der Waals surface area contributed by atoms with Crippen LogP contribution in [0.3, 0.4) is 0 Å². The van der Waals surface area contributed by atoms with E-state index in [0.29, 0.717) is 0 Å². The predicted octanol–water partition coefficient (Wildman–Crippen LogP) is 6.41. The Balaban J connectivity index is 1.93. The second kappa shape index (κ2) is 11.4. The van der Waals surface area contributed by atoms with Crippen LogP contribution in [-0.2, 0) is 0 Å². The summed E-state index contributed by atoms with van der Waals surface area (Å²) in [4.78, 5) is 30.0. The fourth-order valence-electron chi connectivity index (χ4n) is 4.05. The molecule has 43 heavy (non-hydrogen) atoms. The molecule has 0 aliphatic carbocycles. The number of fused-ring (bicyclic) bond motifs is 1. The zero-order chi connectivity index (χ0) is 31.7. The Morgan fingerprint density at radius 2 is 1.65 bits per heavy atom. The van der Waals surface area contributed by atoms with Crippen molar-refractivity contribution in [3.63, 3.8) is 0 Å². The average molecular weight is 603 g/mol. The standard InChI is InChI=1S/C30H24F6N4O3/c1-5-28(2,3)40-25(41)18-8-6-7-17(13-18)20-14-21-22(26(42)37-4)23(16-9-11-19(31)12-10-16)43-27(21)39-24(20)38-15-29(32,33)30(34,35)36/h1,6-14H,15H2,2-4H3,(H,37,42)(H,38,39)(H,40,41). The number of amides is 2. The fraction of sp³-hybridized carbons (Fsp3) is 0.233. The zero-order valence-electron chi connectivity index (χ0n) is 22.9. The van der Waals surface area contributed by atoms with E-state index in [-0.39, 0.29) is 44.7 Å². The number of rotatable bonds is 8. The fourth-order valence-corrected chi connectivity index (χ4v) is 4.05. The van der Waals surface area contributed by atoms with Crippen molar-refractivity contribution in [2.45, 2.75) is 31.5 Å². The van der Waals surface area contributed by atoms with E-state index in [0.717, 1.165) is 12.1 Å². The Morgan fingerprint density at radius 3 is 2.26 bits per heavy atom. The van der Waals surface area contributed by atoms with Gasteiger partial charge in [0.05, 0.1) is 23.0 Å². The van der Waals surface area contributed by atoms with E-state index in [1.165, 1.54) is 49.5 Å². The van der Waals surface area contributed by atoms with Crippen molar-refractivity contribution in [3.05, 3.63) is 71.5 Å². The van der Waals surface area contributed by atoms with Gasteiger partial charge < -0.3 is 20.4 Å². The van der Waals surface area contributed by atoms with E-state index in [4.69, 9.17) is 10.8 Å². The van der Waals surface area contributed by atoms with Crippen LogP contribution in [0.2, 0.25) is 0 Å². The molecule has 13 heteroatoms. The molecule has 0 fully saturated rings. The minimum atomic E-state index is -5.85. The van der Waals surface area contributed by atoms with E-state index >= 15 is 0 Å². The first-order chi connectivity index (χ1) is 20.1. The van der Waals surface area contributed by atoms with Gasteiger partial charge in [0.15, 0.2) is 0 Å². The molecule has 0 saturated heterocycles. The van der Waals surface area contributed by atoms with Gasteiger partial charge in [0.1, 0.15) is 17.4 Å². The first-order valence-corrected chi connectivity index (χ1v) is 12.6. The molecule has 2 aromatic heterocycles. The number of aromatic nitrogens is 1. The molecule has 0 atom stereocenters. The molecule has 4 rings (SSSR count). The summed E-state index contributed by atoms with van der Waals surface area (Å²) < 4.78 is 86.1. The third-order valence-electron chi connectivity index (χ3n) is 6.36. The number of benzene rings is 2. The van der Waals surface area contributed by atoms with Gasteiger partial charge in [-0.3, -0.25) is 9.59 Å². The van der Waals surface area contributed by atoms with Crippen molar-refractivity contribution in [2.24, 2.45) is 0 Å². The van der Waals surface area contributed by atoms with Crippen LogP contribution < -0.4 is 16.0 Å². The summed E-state index contributed by atoms with van der Waals surface area (Å²) in [6.45, 7) is 1.31. The van der Waals surface area contributed by atoms with Crippen LogP contribution in [0, 0.1) is 18.2 Å². The lowest BCUT2D eigenvalue weighted by molar-refractivity contribution is -0.275. The molecule has 2 amide bonds. The number of nitrogens with one attached hydrogen (secondary N) is 3. The van der Waals surface area contributed by atoms with Crippen LogP contribution in [0.5, 0.6) is 0 Å². The van der Waals surface area contributed by atoms with E-state index in [1.807, 2.05) is 5.32 Å². The van der Waals surface area contributed by atoms with Crippen LogP contribution in [0.1, 0.15) is 34.6 Å². The molecule has 0 saturated carbocycles. The minimum absolute atomic E-state index is 0.0204. The summed E-state index contributed by atoms with van der Waals surface area (Å²) in [7, 11) is 1.35. The van der Waals surface area contributed by atoms with E-state index in [1.54, 1.807) is 13.8 Å². The van der Waals surface area contributed by atoms with Gasteiger partial charge in [0.2, 0.25) is 5.71 Å². The second-order valence-electron chi connectivity index (χ2n) is 9.99. The number of hydrogen-bond acceptors (Lipinski definition) is 5. The highest BCUT2D eigenvalue weighted by Gasteiger charge is 2.57. The van der Waals surface area contributed by atoms with Gasteiger partial charge in [0.25, 0.3) is 11.8 Å². The summed E-state index contributed by atoms with van der Waals surface area (Å²) in [5.41, 5.74) is -0.803. The van der Waals surface area contributed by atoms with Crippen molar-refractivity contribution >= 4 is 28.7 Å². The largest absolute Gasteiger partial charge is 0.455 e. The van der Waals surface area contributed by atoms with Gasteiger partial charge in [-0.2, -0.15) is 26.9 Å². The zero-order valence-corrected chi connectivity index (χ0v) is 22.9. The lowest BCUT2D eigenvalue weighted by Gasteiger charge is -2.21. The number of carbonyl (C=O) groups is 2. The number of pyridine rings is 1. The molecular weight excluding hydrogens is 578 g/mol. The van der Waals surface area contributed by atoms with Crippen molar-refractivity contribution < 1.29 is 40.3 Å². The summed E-state index contributed by atoms with van der Waals surface area (Å²) >= 11 is 0. The normalized spacial score (nSPS) is 12.1. The molecule has 4 aromatic rings. The van der Waals surface area contributed by atoms with Crippen molar-refractivity contribution in [1.29, 1.82) is 0 Å². The first-order valence-electron chi connectivity index (χ1n) is 12.6. The number of hydrogen-bond donors (Lipinski definition) is 3. The maximum atomic E-state index is 13.9. The van der Waals surface area contributed by atoms with Crippen LogP contribution in [-0.4, -0.2) is 48.0 Å². The second-order valence-corrected chi connectivity index (χ2v) is 9.99. The maximum absolute atomic E-state index is 13.9. The molecule has 0 aliphatic heterocycles. The molecule has 0 spiro atoms. The molecule has 0 radical (unpaired) electrons. The van der Waals surface area contributed by atoms with E-state index in [9.17, 15) is 35.9 Å². The number of furan rings is 1. The topological polar surface area (TPSA) is 96.3 Å². The van der Waals surface area contributed by atoms with E-state index in [2.05, 4.69) is 21.5 Å². The quantitative estimate of drug-likeness (QED) is 0.160. The average Bonchev–Trinajstić information content (AvgIpc) is 3.33. The molecule has 0 aliphatic rings. The van der Waals surface area contributed by atoms with Gasteiger partial charge in [-0.25, -0.2) is 4.39 Å². The Labute approximate surface area is 241 Å². The molecule has 3 N–H and O–H groups in total. The Kier molecular flexibility index (Phi) is 8.18. The summed E-state index contributed by atoms with van der Waals surface area (Å²) in [5.74, 6) is -4.98. The highest BCUT2D eigenvalue weighted by atomic mass is 19.4. The molecule has 2 aromatic carbocycles. The maximum Gasteiger partial charge on any atom is 0.455 e. The van der Waals surface area contributed by atoms with Gasteiger partial charge in [-0.15, -0.1) is 6.42 Å². The minimum Gasteiger partial charge on any atom is -0.437 e. The van der Waals surface area contributed by atoms with Crippen LogP contribution in [0.15, 0.2) is 59.0 Å². The SMILES string of the molecule is C#CC(C)(C)NC(=O)c1cccc(-c2cc3c(C(=O)NC)c(-c4ccc(F)cc4)oc3nc2NCC(F)(F)C(F)(F)F)c1. The van der Waals surface area contributed by atoms with E-state index < -0.39 is 47.6 Å². The van der Waals surface area contributed by atoms with Crippen LogP contribution in [0.4, 0.5) is 32.2 Å². The predicted molar refractivity (Wildman–Crippen MR) is 148 cm³/mol. The molecule has 2 heterocycles. The molecule has 0 unspecified atom stereocenters. The summed E-state index contributed by atoms with van der Waals surface area (Å²) in [5, 5.41) is 7.22. The van der Waals surface area contributed by atoms with Gasteiger partial charge >= 0.3 is 12.1 Å². The Morgan fingerprint density at radius 1 is 0.977 bits per heavy atom. The van der Waals surface area contributed by atoms with Crippen LogP contribution in [0.25, 0.3) is 33.6 Å². The number of nitrogens with zero attached hydrogens (tertiary/aromatic N) is 1.